The van der Waals surface area contributed by atoms with Crippen LogP contribution in [0.4, 0.5) is 0 Å². The van der Waals surface area contributed by atoms with Crippen LogP contribution in [0.2, 0.25) is 0 Å². The summed E-state index contributed by atoms with van der Waals surface area (Å²) >= 11 is 1.53. The summed E-state index contributed by atoms with van der Waals surface area (Å²) in [6, 6.07) is 0. The van der Waals surface area contributed by atoms with Crippen molar-refractivity contribution in [3.05, 3.63) is 15.6 Å². The molecule has 3 N–H and O–H groups in total. The summed E-state index contributed by atoms with van der Waals surface area (Å²) < 4.78 is 0. The Morgan fingerprint density at radius 2 is 2.38 bits per heavy atom. The number of rotatable bonds is 3. The molecule has 5 heteroatoms. The van der Waals surface area contributed by atoms with Crippen molar-refractivity contribution in [2.24, 2.45) is 5.73 Å². The summed E-state index contributed by atoms with van der Waals surface area (Å²) in [6.45, 7) is 2.46. The van der Waals surface area contributed by atoms with Crippen LogP contribution in [0.25, 0.3) is 0 Å². The molecule has 1 amide bonds. The highest BCUT2D eigenvalue weighted by Crippen LogP contribution is 2.17. The Hall–Kier alpha value is -0.940. The number of hydrogen-bond donors (Lipinski definition) is 2. The second-order valence-corrected chi connectivity index (χ2v) is 3.92. The molecule has 1 rings (SSSR count). The topological polar surface area (TPSA) is 68.0 Å². The zero-order valence-corrected chi connectivity index (χ0v) is 8.57. The van der Waals surface area contributed by atoms with Gasteiger partial charge in [0.2, 0.25) is 0 Å². The second-order valence-electron chi connectivity index (χ2n) is 2.63. The quantitative estimate of drug-likeness (QED) is 0.736. The Morgan fingerprint density at radius 1 is 1.69 bits per heavy atom. The Bertz CT molecular complexity index is 308. The van der Waals surface area contributed by atoms with E-state index in [2.05, 4.69) is 10.3 Å². The third-order valence-corrected chi connectivity index (χ3v) is 2.67. The van der Waals surface area contributed by atoms with Crippen LogP contribution in [0, 0.1) is 6.92 Å². The molecule has 4 nitrogen and oxygen atoms in total. The zero-order valence-electron chi connectivity index (χ0n) is 7.76. The summed E-state index contributed by atoms with van der Waals surface area (Å²) in [6.07, 6.45) is 0.739. The molecular weight excluding hydrogens is 186 g/mol. The zero-order chi connectivity index (χ0) is 9.84. The van der Waals surface area contributed by atoms with Crippen molar-refractivity contribution in [3.63, 3.8) is 0 Å². The molecule has 0 unspecified atom stereocenters. The van der Waals surface area contributed by atoms with Crippen molar-refractivity contribution in [1.29, 1.82) is 0 Å². The number of carbonyl (C=O) groups is 1. The van der Waals surface area contributed by atoms with E-state index < -0.39 is 0 Å². The fourth-order valence-electron chi connectivity index (χ4n) is 1.01. The number of carbonyl (C=O) groups excluding carboxylic acids is 1. The van der Waals surface area contributed by atoms with Crippen LogP contribution < -0.4 is 11.1 Å². The van der Waals surface area contributed by atoms with E-state index in [1.54, 1.807) is 7.05 Å². The summed E-state index contributed by atoms with van der Waals surface area (Å²) in [5.41, 5.74) is 5.92. The van der Waals surface area contributed by atoms with Crippen LogP contribution in [0.15, 0.2) is 0 Å². The van der Waals surface area contributed by atoms with E-state index in [9.17, 15) is 4.79 Å². The second kappa shape index (κ2) is 4.34. The van der Waals surface area contributed by atoms with E-state index in [1.807, 2.05) is 6.92 Å². The maximum absolute atomic E-state index is 11.3. The largest absolute Gasteiger partial charge is 0.354 e. The molecule has 72 valence electrons. The molecule has 1 heterocycles. The number of hydrogen-bond acceptors (Lipinski definition) is 4. The smallest absolute Gasteiger partial charge is 0.270 e. The van der Waals surface area contributed by atoms with E-state index in [4.69, 9.17) is 5.73 Å². The van der Waals surface area contributed by atoms with Crippen molar-refractivity contribution in [1.82, 2.24) is 10.3 Å². The van der Waals surface area contributed by atoms with Gasteiger partial charge in [0.25, 0.3) is 5.91 Å². The first kappa shape index (κ1) is 10.1. The monoisotopic (exact) mass is 199 g/mol. The fourth-order valence-corrected chi connectivity index (χ4v) is 1.96. The molecule has 0 fully saturated rings. The molecule has 0 aliphatic rings. The van der Waals surface area contributed by atoms with Crippen molar-refractivity contribution in [3.8, 4) is 0 Å². The van der Waals surface area contributed by atoms with E-state index >= 15 is 0 Å². The number of nitrogens with one attached hydrogen (secondary N) is 1. The van der Waals surface area contributed by atoms with Crippen LogP contribution in [0.5, 0.6) is 0 Å². The van der Waals surface area contributed by atoms with Crippen molar-refractivity contribution in [2.75, 3.05) is 13.6 Å². The predicted molar refractivity (Wildman–Crippen MR) is 53.0 cm³/mol. The summed E-state index contributed by atoms with van der Waals surface area (Å²) in [5.74, 6) is -0.128. The van der Waals surface area contributed by atoms with Gasteiger partial charge in [-0.25, -0.2) is 4.98 Å². The summed E-state index contributed by atoms with van der Waals surface area (Å²) in [5, 5.41) is 3.48. The number of aryl methyl sites for hydroxylation is 1. The van der Waals surface area contributed by atoms with Gasteiger partial charge in [0.1, 0.15) is 5.69 Å². The average Bonchev–Trinajstić information content (AvgIpc) is 2.46. The van der Waals surface area contributed by atoms with Crippen LogP contribution in [-0.2, 0) is 6.42 Å². The van der Waals surface area contributed by atoms with Crippen molar-refractivity contribution < 1.29 is 4.79 Å². The lowest BCUT2D eigenvalue weighted by Gasteiger charge is -1.94. The fraction of sp³-hybridized carbons (Fsp3) is 0.500. The molecule has 0 spiro atoms. The minimum absolute atomic E-state index is 0.128. The standard InChI is InChI=1S/C8H13N3OS/c1-5-7(8(12)10-2)11-6(13-5)3-4-9/h3-4,9H2,1-2H3,(H,10,12). The predicted octanol–water partition coefficient (Wildman–Crippen LogP) is 0.312. The molecule has 0 aliphatic carbocycles. The van der Waals surface area contributed by atoms with Crippen LogP contribution in [-0.4, -0.2) is 24.5 Å². The van der Waals surface area contributed by atoms with Crippen molar-refractivity contribution in [2.45, 2.75) is 13.3 Å². The molecule has 0 saturated carbocycles. The number of thiazole rings is 1. The molecule has 0 saturated heterocycles. The third-order valence-electron chi connectivity index (χ3n) is 1.64. The van der Waals surface area contributed by atoms with Crippen molar-refractivity contribution >= 4 is 17.2 Å². The Kier molecular flexibility index (Phi) is 3.39. The van der Waals surface area contributed by atoms with Gasteiger partial charge in [-0.3, -0.25) is 4.79 Å². The highest BCUT2D eigenvalue weighted by molar-refractivity contribution is 7.11. The van der Waals surface area contributed by atoms with Gasteiger partial charge in [-0.15, -0.1) is 11.3 Å². The summed E-state index contributed by atoms with van der Waals surface area (Å²) in [7, 11) is 1.60. The van der Waals surface area contributed by atoms with E-state index in [0.29, 0.717) is 12.2 Å². The Morgan fingerprint density at radius 3 is 2.92 bits per heavy atom. The van der Waals surface area contributed by atoms with E-state index in [0.717, 1.165) is 16.3 Å². The van der Waals surface area contributed by atoms with Gasteiger partial charge in [0, 0.05) is 18.3 Å². The lowest BCUT2D eigenvalue weighted by atomic mass is 10.3. The Labute approximate surface area is 81.2 Å². The minimum atomic E-state index is -0.128. The molecule has 0 radical (unpaired) electrons. The summed E-state index contributed by atoms with van der Waals surface area (Å²) in [4.78, 5) is 16.4. The highest BCUT2D eigenvalue weighted by atomic mass is 32.1. The van der Waals surface area contributed by atoms with Gasteiger partial charge in [0.15, 0.2) is 0 Å². The van der Waals surface area contributed by atoms with Crippen LogP contribution in [0.1, 0.15) is 20.4 Å². The molecule has 1 aromatic heterocycles. The van der Waals surface area contributed by atoms with Crippen LogP contribution >= 0.6 is 11.3 Å². The lowest BCUT2D eigenvalue weighted by Crippen LogP contribution is -2.19. The SMILES string of the molecule is CNC(=O)c1nc(CCN)sc1C. The maximum Gasteiger partial charge on any atom is 0.270 e. The van der Waals surface area contributed by atoms with Gasteiger partial charge < -0.3 is 11.1 Å². The normalized spacial score (nSPS) is 10.1. The molecule has 13 heavy (non-hydrogen) atoms. The molecule has 1 aromatic rings. The number of nitrogens with zero attached hydrogens (tertiary/aromatic N) is 1. The molecule has 0 aromatic carbocycles. The molecular formula is C8H13N3OS. The first-order valence-electron chi connectivity index (χ1n) is 4.07. The highest BCUT2D eigenvalue weighted by Gasteiger charge is 2.12. The number of aromatic nitrogens is 1. The third kappa shape index (κ3) is 2.26. The average molecular weight is 199 g/mol. The Balaban J connectivity index is 2.89. The van der Waals surface area contributed by atoms with Gasteiger partial charge in [-0.1, -0.05) is 0 Å². The van der Waals surface area contributed by atoms with E-state index in [-0.39, 0.29) is 5.91 Å². The number of nitrogens with two attached hydrogens (primary N) is 1. The first-order chi connectivity index (χ1) is 6.19. The first-order valence-corrected chi connectivity index (χ1v) is 4.89. The minimum Gasteiger partial charge on any atom is -0.354 e. The molecule has 0 aliphatic heterocycles. The molecule has 0 bridgehead atoms. The van der Waals surface area contributed by atoms with Gasteiger partial charge >= 0.3 is 0 Å². The van der Waals surface area contributed by atoms with Gasteiger partial charge in [-0.05, 0) is 13.5 Å². The van der Waals surface area contributed by atoms with Gasteiger partial charge in [-0.2, -0.15) is 0 Å². The van der Waals surface area contributed by atoms with Crippen LogP contribution in [0.3, 0.4) is 0 Å². The lowest BCUT2D eigenvalue weighted by molar-refractivity contribution is 0.0958. The number of amides is 1. The van der Waals surface area contributed by atoms with E-state index in [1.165, 1.54) is 11.3 Å². The van der Waals surface area contributed by atoms with Gasteiger partial charge in [0.05, 0.1) is 5.01 Å². The maximum atomic E-state index is 11.3. The molecule has 0 atom stereocenters.